The summed E-state index contributed by atoms with van der Waals surface area (Å²) in [4.78, 5) is 14.1. The number of carbonyl (C=O) groups excluding carboxylic acids is 1. The Labute approximate surface area is 168 Å². The number of benzene rings is 1. The zero-order valence-corrected chi connectivity index (χ0v) is 17.0. The highest BCUT2D eigenvalue weighted by Crippen LogP contribution is 2.35. The van der Waals surface area contributed by atoms with Crippen LogP contribution in [0.5, 0.6) is 0 Å². The highest BCUT2D eigenvalue weighted by atomic mass is 32.2. The molecule has 4 rings (SSSR count). The van der Waals surface area contributed by atoms with Gasteiger partial charge in [0.25, 0.3) is 5.91 Å². The van der Waals surface area contributed by atoms with Crippen molar-refractivity contribution in [2.75, 3.05) is 6.54 Å². The van der Waals surface area contributed by atoms with Crippen molar-refractivity contribution in [2.45, 2.75) is 49.5 Å². The van der Waals surface area contributed by atoms with Gasteiger partial charge in [0.2, 0.25) is 0 Å². The van der Waals surface area contributed by atoms with Crippen LogP contribution in [0.15, 0.2) is 46.2 Å². The summed E-state index contributed by atoms with van der Waals surface area (Å²) < 4.78 is 5.97. The van der Waals surface area contributed by atoms with Crippen molar-refractivity contribution < 1.29 is 9.21 Å². The first-order valence-electron chi connectivity index (χ1n) is 9.74. The average Bonchev–Trinajstić information content (AvgIpc) is 3.35. The van der Waals surface area contributed by atoms with E-state index in [-0.39, 0.29) is 5.91 Å². The van der Waals surface area contributed by atoms with Crippen molar-refractivity contribution in [1.29, 1.82) is 0 Å². The first-order valence-corrected chi connectivity index (χ1v) is 11.7. The highest BCUT2D eigenvalue weighted by molar-refractivity contribution is 7.99. The number of thioether (sulfide) groups is 1. The number of thiophene rings is 1. The topological polar surface area (TPSA) is 42.2 Å². The van der Waals surface area contributed by atoms with Gasteiger partial charge in [-0.15, -0.1) is 11.3 Å². The number of carbonyl (C=O) groups is 1. The Hall–Kier alpha value is -1.72. The van der Waals surface area contributed by atoms with E-state index in [0.29, 0.717) is 17.6 Å². The highest BCUT2D eigenvalue weighted by Gasteiger charge is 2.22. The van der Waals surface area contributed by atoms with Gasteiger partial charge < -0.3 is 9.73 Å². The molecule has 3 aromatic rings. The summed E-state index contributed by atoms with van der Waals surface area (Å²) in [6.45, 7) is 0.631. The van der Waals surface area contributed by atoms with Gasteiger partial charge in [-0.2, -0.15) is 11.8 Å². The fourth-order valence-electron chi connectivity index (χ4n) is 3.69. The molecule has 1 aromatic carbocycles. The van der Waals surface area contributed by atoms with E-state index in [4.69, 9.17) is 4.42 Å². The number of nitrogens with one attached hydrogen (secondary N) is 1. The van der Waals surface area contributed by atoms with E-state index in [1.165, 1.54) is 37.0 Å². The minimum absolute atomic E-state index is 0.0954. The maximum atomic E-state index is 12.8. The number of para-hydroxylation sites is 1. The lowest BCUT2D eigenvalue weighted by atomic mass is 10.0. The normalized spacial score (nSPS) is 15.3. The third kappa shape index (κ3) is 4.58. The summed E-state index contributed by atoms with van der Waals surface area (Å²) in [6.07, 6.45) is 7.48. The summed E-state index contributed by atoms with van der Waals surface area (Å²) in [7, 11) is 0. The van der Waals surface area contributed by atoms with Crippen molar-refractivity contribution in [3.63, 3.8) is 0 Å². The molecule has 1 amide bonds. The predicted molar refractivity (Wildman–Crippen MR) is 115 cm³/mol. The number of hydrogen-bond donors (Lipinski definition) is 1. The third-order valence-electron chi connectivity index (χ3n) is 5.16. The molecular formula is C22H25NO2S2. The minimum atomic E-state index is -0.0954. The van der Waals surface area contributed by atoms with E-state index in [9.17, 15) is 4.79 Å². The minimum Gasteiger partial charge on any atom is -0.451 e. The van der Waals surface area contributed by atoms with Gasteiger partial charge in [-0.3, -0.25) is 4.79 Å². The van der Waals surface area contributed by atoms with Crippen molar-refractivity contribution in [3.05, 3.63) is 58.0 Å². The Morgan fingerprint density at radius 1 is 1.15 bits per heavy atom. The molecule has 1 saturated carbocycles. The van der Waals surface area contributed by atoms with Crippen LogP contribution in [0.25, 0.3) is 11.0 Å². The molecular weight excluding hydrogens is 374 g/mol. The van der Waals surface area contributed by atoms with E-state index in [2.05, 4.69) is 22.8 Å². The van der Waals surface area contributed by atoms with Crippen LogP contribution in [-0.2, 0) is 12.2 Å². The van der Waals surface area contributed by atoms with Crippen molar-refractivity contribution >= 4 is 40.0 Å². The van der Waals surface area contributed by atoms with Gasteiger partial charge in [0.05, 0.1) is 0 Å². The molecule has 1 N–H and O–H groups in total. The first kappa shape index (κ1) is 18.6. The molecule has 0 atom stereocenters. The fourth-order valence-corrected chi connectivity index (χ4v) is 5.76. The maximum Gasteiger partial charge on any atom is 0.287 e. The van der Waals surface area contributed by atoms with Crippen LogP contribution in [0.2, 0.25) is 0 Å². The Morgan fingerprint density at radius 3 is 2.81 bits per heavy atom. The van der Waals surface area contributed by atoms with E-state index >= 15 is 0 Å². The quantitative estimate of drug-likeness (QED) is 0.527. The van der Waals surface area contributed by atoms with E-state index in [1.807, 2.05) is 36.0 Å². The molecule has 1 fully saturated rings. The number of furan rings is 1. The van der Waals surface area contributed by atoms with E-state index in [0.717, 1.165) is 28.7 Å². The molecule has 0 radical (unpaired) electrons. The van der Waals surface area contributed by atoms with Crippen molar-refractivity contribution in [3.8, 4) is 0 Å². The smallest absolute Gasteiger partial charge is 0.287 e. The molecule has 142 valence electrons. The SMILES string of the molecule is O=C(NCCc1cccs1)c1oc2ccccc2c1CSC1CCCCC1. The Kier molecular flexibility index (Phi) is 6.20. The maximum absolute atomic E-state index is 12.8. The second-order valence-electron chi connectivity index (χ2n) is 7.06. The Bertz CT molecular complexity index is 879. The molecule has 1 aliphatic rings. The monoisotopic (exact) mass is 399 g/mol. The third-order valence-corrected chi connectivity index (χ3v) is 7.49. The van der Waals surface area contributed by atoms with Gasteiger partial charge in [-0.1, -0.05) is 43.5 Å². The molecule has 0 spiro atoms. The number of rotatable bonds is 7. The molecule has 3 nitrogen and oxygen atoms in total. The standard InChI is InChI=1S/C22H25NO2S2/c24-22(23-13-12-17-9-6-14-26-17)21-19(15-27-16-7-2-1-3-8-16)18-10-4-5-11-20(18)25-21/h4-6,9-11,14,16H,1-3,7-8,12-13,15H2,(H,23,24). The lowest BCUT2D eigenvalue weighted by Crippen LogP contribution is -2.26. The van der Waals surface area contributed by atoms with Crippen LogP contribution in [0, 0.1) is 0 Å². The number of hydrogen-bond acceptors (Lipinski definition) is 4. The fraction of sp³-hybridized carbons (Fsp3) is 0.409. The van der Waals surface area contributed by atoms with Gasteiger partial charge in [0.1, 0.15) is 5.58 Å². The van der Waals surface area contributed by atoms with Gasteiger partial charge in [-0.05, 0) is 36.8 Å². The van der Waals surface area contributed by atoms with Crippen LogP contribution >= 0.6 is 23.1 Å². The van der Waals surface area contributed by atoms with E-state index < -0.39 is 0 Å². The van der Waals surface area contributed by atoms with Crippen LogP contribution < -0.4 is 5.32 Å². The van der Waals surface area contributed by atoms with Gasteiger partial charge >= 0.3 is 0 Å². The Balaban J connectivity index is 1.47. The Morgan fingerprint density at radius 2 is 2.00 bits per heavy atom. The summed E-state index contributed by atoms with van der Waals surface area (Å²) in [5, 5.41) is 6.89. The molecule has 0 aliphatic heterocycles. The molecule has 2 aromatic heterocycles. The van der Waals surface area contributed by atoms with Gasteiger partial charge in [0, 0.05) is 33.4 Å². The molecule has 0 bridgehead atoms. The first-order chi connectivity index (χ1) is 13.3. The summed E-state index contributed by atoms with van der Waals surface area (Å²) in [5.74, 6) is 1.24. The second-order valence-corrected chi connectivity index (χ2v) is 9.38. The molecule has 5 heteroatoms. The summed E-state index contributed by atoms with van der Waals surface area (Å²) in [5.41, 5.74) is 1.86. The molecule has 0 saturated heterocycles. The summed E-state index contributed by atoms with van der Waals surface area (Å²) >= 11 is 3.71. The largest absolute Gasteiger partial charge is 0.451 e. The molecule has 2 heterocycles. The predicted octanol–water partition coefficient (Wildman–Crippen LogP) is 6.03. The van der Waals surface area contributed by atoms with Crippen molar-refractivity contribution in [1.82, 2.24) is 5.32 Å². The number of fused-ring (bicyclic) bond motifs is 1. The lowest BCUT2D eigenvalue weighted by Gasteiger charge is -2.20. The van der Waals surface area contributed by atoms with Gasteiger partial charge in [-0.25, -0.2) is 0 Å². The zero-order chi connectivity index (χ0) is 18.5. The molecule has 1 aliphatic carbocycles. The van der Waals surface area contributed by atoms with Crippen molar-refractivity contribution in [2.24, 2.45) is 0 Å². The molecule has 0 unspecified atom stereocenters. The van der Waals surface area contributed by atoms with Crippen LogP contribution in [0.4, 0.5) is 0 Å². The average molecular weight is 400 g/mol. The van der Waals surface area contributed by atoms with Crippen LogP contribution in [0.3, 0.4) is 0 Å². The van der Waals surface area contributed by atoms with Crippen LogP contribution in [-0.4, -0.2) is 17.7 Å². The second kappa shape index (κ2) is 8.98. The summed E-state index contributed by atoms with van der Waals surface area (Å²) in [6, 6.07) is 12.1. The zero-order valence-electron chi connectivity index (χ0n) is 15.4. The van der Waals surface area contributed by atoms with E-state index in [1.54, 1.807) is 11.3 Å². The van der Waals surface area contributed by atoms with Gasteiger partial charge in [0.15, 0.2) is 5.76 Å². The molecule has 27 heavy (non-hydrogen) atoms. The lowest BCUT2D eigenvalue weighted by molar-refractivity contribution is 0.0927. The van der Waals surface area contributed by atoms with Crippen LogP contribution in [0.1, 0.15) is 53.1 Å². The number of amides is 1.